The Morgan fingerprint density at radius 1 is 1.53 bits per heavy atom. The summed E-state index contributed by atoms with van der Waals surface area (Å²) < 4.78 is 1.04. The van der Waals surface area contributed by atoms with Crippen LogP contribution in [0.5, 0.6) is 0 Å². The Bertz CT molecular complexity index is 589. The molecule has 2 aromatic heterocycles. The van der Waals surface area contributed by atoms with Gasteiger partial charge in [-0.2, -0.15) is 5.10 Å². The zero-order chi connectivity index (χ0) is 13.7. The van der Waals surface area contributed by atoms with Crippen LogP contribution in [-0.2, 0) is 6.42 Å². The largest absolute Gasteiger partial charge is 0.272 e. The summed E-state index contributed by atoms with van der Waals surface area (Å²) in [7, 11) is 0. The summed E-state index contributed by atoms with van der Waals surface area (Å²) in [6, 6.07) is 5.82. The third kappa shape index (κ3) is 4.26. The first-order valence-corrected chi connectivity index (χ1v) is 8.34. The summed E-state index contributed by atoms with van der Waals surface area (Å²) in [5.41, 5.74) is 3.22. The molecular formula is C13H13BrN2OS2. The molecule has 1 amide bonds. The van der Waals surface area contributed by atoms with Gasteiger partial charge in [0.15, 0.2) is 0 Å². The van der Waals surface area contributed by atoms with Gasteiger partial charge in [-0.25, -0.2) is 5.43 Å². The van der Waals surface area contributed by atoms with E-state index >= 15 is 0 Å². The standard InChI is InChI=1S/C13H13BrN2OS2/c1-2-3-10-6-9(8-18-10)13(17)16-15-7-11-4-5-12(14)19-11/h4-8H,2-3H2,1H3,(H,16,17)/b15-7-. The molecule has 6 heteroatoms. The third-order valence-corrected chi connectivity index (χ3v) is 4.92. The molecule has 0 unspecified atom stereocenters. The predicted molar refractivity (Wildman–Crippen MR) is 85.4 cm³/mol. The Morgan fingerprint density at radius 2 is 2.37 bits per heavy atom. The fraction of sp³-hybridized carbons (Fsp3) is 0.231. The van der Waals surface area contributed by atoms with Crippen LogP contribution in [0.25, 0.3) is 0 Å². The van der Waals surface area contributed by atoms with Crippen LogP contribution in [-0.4, -0.2) is 12.1 Å². The number of rotatable bonds is 5. The average Bonchev–Trinajstić information content (AvgIpc) is 2.99. The molecule has 0 spiro atoms. The van der Waals surface area contributed by atoms with Crippen molar-refractivity contribution in [3.8, 4) is 0 Å². The summed E-state index contributed by atoms with van der Waals surface area (Å²) in [5.74, 6) is -0.162. The molecule has 0 fully saturated rings. The summed E-state index contributed by atoms with van der Waals surface area (Å²) >= 11 is 6.56. The monoisotopic (exact) mass is 356 g/mol. The van der Waals surface area contributed by atoms with E-state index in [1.54, 1.807) is 28.9 Å². The maximum absolute atomic E-state index is 11.8. The van der Waals surface area contributed by atoms with Gasteiger partial charge in [0.05, 0.1) is 15.6 Å². The van der Waals surface area contributed by atoms with Crippen LogP contribution < -0.4 is 5.43 Å². The molecule has 2 rings (SSSR count). The van der Waals surface area contributed by atoms with Crippen LogP contribution in [0.15, 0.2) is 32.5 Å². The van der Waals surface area contributed by atoms with Gasteiger partial charge in [0.2, 0.25) is 0 Å². The predicted octanol–water partition coefficient (Wildman–Crippen LogP) is 4.29. The van der Waals surface area contributed by atoms with E-state index in [0.29, 0.717) is 5.56 Å². The minimum atomic E-state index is -0.162. The Hall–Kier alpha value is -0.980. The highest BCUT2D eigenvalue weighted by Crippen LogP contribution is 2.20. The second-order valence-electron chi connectivity index (χ2n) is 3.89. The molecule has 0 bridgehead atoms. The lowest BCUT2D eigenvalue weighted by atomic mass is 10.2. The second-order valence-corrected chi connectivity index (χ2v) is 7.38. The minimum absolute atomic E-state index is 0.162. The lowest BCUT2D eigenvalue weighted by Crippen LogP contribution is -2.16. The lowest BCUT2D eigenvalue weighted by molar-refractivity contribution is 0.0955. The van der Waals surface area contributed by atoms with Crippen molar-refractivity contribution in [3.05, 3.63) is 42.7 Å². The van der Waals surface area contributed by atoms with Crippen molar-refractivity contribution in [2.75, 3.05) is 0 Å². The molecule has 0 atom stereocenters. The van der Waals surface area contributed by atoms with Crippen molar-refractivity contribution in [1.29, 1.82) is 0 Å². The molecule has 0 radical (unpaired) electrons. The first-order chi connectivity index (χ1) is 9.19. The number of halogens is 1. The fourth-order valence-electron chi connectivity index (χ4n) is 1.49. The smallest absolute Gasteiger partial charge is 0.267 e. The maximum atomic E-state index is 11.8. The molecule has 0 aliphatic heterocycles. The van der Waals surface area contributed by atoms with Crippen LogP contribution >= 0.6 is 38.6 Å². The first-order valence-electron chi connectivity index (χ1n) is 5.85. The fourth-order valence-corrected chi connectivity index (χ4v) is 3.76. The maximum Gasteiger partial charge on any atom is 0.272 e. The van der Waals surface area contributed by atoms with Crippen molar-refractivity contribution < 1.29 is 4.79 Å². The molecular weight excluding hydrogens is 344 g/mol. The van der Waals surface area contributed by atoms with Gasteiger partial charge in [0, 0.05) is 15.1 Å². The van der Waals surface area contributed by atoms with E-state index in [4.69, 9.17) is 0 Å². The Balaban J connectivity index is 1.91. The summed E-state index contributed by atoms with van der Waals surface area (Å²) in [5, 5.41) is 5.83. The molecule has 0 aliphatic rings. The molecule has 2 aromatic rings. The number of hydrazone groups is 1. The zero-order valence-electron chi connectivity index (χ0n) is 10.4. The Labute approximate surface area is 128 Å². The van der Waals surface area contributed by atoms with E-state index < -0.39 is 0 Å². The van der Waals surface area contributed by atoms with E-state index in [1.165, 1.54) is 4.88 Å². The number of nitrogens with zero attached hydrogens (tertiary/aromatic N) is 1. The van der Waals surface area contributed by atoms with Crippen molar-refractivity contribution in [3.63, 3.8) is 0 Å². The minimum Gasteiger partial charge on any atom is -0.267 e. The molecule has 0 saturated heterocycles. The number of aryl methyl sites for hydroxylation is 1. The van der Waals surface area contributed by atoms with Crippen molar-refractivity contribution in [2.45, 2.75) is 19.8 Å². The van der Waals surface area contributed by atoms with Crippen LogP contribution in [0.2, 0.25) is 0 Å². The molecule has 0 aliphatic carbocycles. The number of nitrogens with one attached hydrogen (secondary N) is 1. The van der Waals surface area contributed by atoms with Gasteiger partial charge in [0.25, 0.3) is 5.91 Å². The summed E-state index contributed by atoms with van der Waals surface area (Å²) in [6.45, 7) is 2.13. The molecule has 3 nitrogen and oxygen atoms in total. The van der Waals surface area contributed by atoms with E-state index in [0.717, 1.165) is 21.5 Å². The van der Waals surface area contributed by atoms with E-state index in [9.17, 15) is 4.79 Å². The van der Waals surface area contributed by atoms with Crippen LogP contribution in [0.3, 0.4) is 0 Å². The average molecular weight is 357 g/mol. The van der Waals surface area contributed by atoms with Crippen LogP contribution in [0.1, 0.15) is 33.5 Å². The van der Waals surface area contributed by atoms with E-state index in [-0.39, 0.29) is 5.91 Å². The third-order valence-electron chi connectivity index (χ3n) is 2.36. The van der Waals surface area contributed by atoms with Gasteiger partial charge in [-0.05, 0) is 40.5 Å². The SMILES string of the molecule is CCCc1cc(C(=O)N/N=C\c2ccc(Br)s2)cs1. The highest BCUT2D eigenvalue weighted by molar-refractivity contribution is 9.11. The summed E-state index contributed by atoms with van der Waals surface area (Å²) in [4.78, 5) is 14.1. The number of hydrogen-bond acceptors (Lipinski definition) is 4. The quantitative estimate of drug-likeness (QED) is 0.630. The molecule has 0 saturated carbocycles. The van der Waals surface area contributed by atoms with Crippen molar-refractivity contribution in [1.82, 2.24) is 5.43 Å². The van der Waals surface area contributed by atoms with E-state index in [1.807, 2.05) is 23.6 Å². The number of thiophene rings is 2. The van der Waals surface area contributed by atoms with Crippen molar-refractivity contribution in [2.24, 2.45) is 5.10 Å². The zero-order valence-corrected chi connectivity index (χ0v) is 13.6. The number of amides is 1. The number of carbonyl (C=O) groups is 1. The van der Waals surface area contributed by atoms with E-state index in [2.05, 4.69) is 33.4 Å². The van der Waals surface area contributed by atoms with Gasteiger partial charge in [-0.3, -0.25) is 4.79 Å². The van der Waals surface area contributed by atoms with Crippen LogP contribution in [0, 0.1) is 0 Å². The highest BCUT2D eigenvalue weighted by atomic mass is 79.9. The number of hydrogen-bond donors (Lipinski definition) is 1. The lowest BCUT2D eigenvalue weighted by Gasteiger charge is -1.95. The van der Waals surface area contributed by atoms with Gasteiger partial charge in [-0.15, -0.1) is 22.7 Å². The Morgan fingerprint density at radius 3 is 3.05 bits per heavy atom. The second kappa shape index (κ2) is 6.98. The molecule has 2 heterocycles. The molecule has 100 valence electrons. The summed E-state index contributed by atoms with van der Waals surface area (Å²) in [6.07, 6.45) is 3.75. The van der Waals surface area contributed by atoms with Gasteiger partial charge < -0.3 is 0 Å². The molecule has 19 heavy (non-hydrogen) atoms. The van der Waals surface area contributed by atoms with Gasteiger partial charge in [-0.1, -0.05) is 13.3 Å². The molecule has 1 N–H and O–H groups in total. The topological polar surface area (TPSA) is 41.5 Å². The van der Waals surface area contributed by atoms with Crippen molar-refractivity contribution >= 4 is 50.7 Å². The van der Waals surface area contributed by atoms with Gasteiger partial charge >= 0.3 is 0 Å². The number of carbonyl (C=O) groups excluding carboxylic acids is 1. The molecule has 0 aromatic carbocycles. The first kappa shape index (κ1) is 14.4. The normalized spacial score (nSPS) is 11.1. The highest BCUT2D eigenvalue weighted by Gasteiger charge is 2.07. The van der Waals surface area contributed by atoms with Gasteiger partial charge in [0.1, 0.15) is 0 Å². The Kier molecular flexibility index (Phi) is 5.30. The van der Waals surface area contributed by atoms with Crippen LogP contribution in [0.4, 0.5) is 0 Å².